The number of para-hydroxylation sites is 1. The molecule has 0 aliphatic carbocycles. The highest BCUT2D eigenvalue weighted by atomic mass is 31.2. The quantitative estimate of drug-likeness (QED) is 0.629. The molecule has 0 spiro atoms. The van der Waals surface area contributed by atoms with E-state index in [1.165, 1.54) is 19.1 Å². The number of esters is 1. The van der Waals surface area contributed by atoms with E-state index in [1.807, 2.05) is 0 Å². The van der Waals surface area contributed by atoms with Gasteiger partial charge in [-0.25, -0.2) is 5.09 Å². The van der Waals surface area contributed by atoms with E-state index >= 15 is 0 Å². The lowest BCUT2D eigenvalue weighted by atomic mass is 10.3. The van der Waals surface area contributed by atoms with Crippen LogP contribution in [0.5, 0.6) is 5.75 Å². The van der Waals surface area contributed by atoms with Crippen LogP contribution in [0.1, 0.15) is 20.8 Å². The number of benzene rings is 1. The first kappa shape index (κ1) is 15.7. The molecule has 1 N–H and O–H groups in total. The summed E-state index contributed by atoms with van der Waals surface area (Å²) in [5.41, 5.74) is 0. The molecule has 0 bridgehead atoms. The Kier molecular flexibility index (Phi) is 5.54. The van der Waals surface area contributed by atoms with Crippen LogP contribution in [0.3, 0.4) is 0 Å². The molecule has 0 aromatic heterocycles. The van der Waals surface area contributed by atoms with Gasteiger partial charge in [-0.2, -0.15) is 0 Å². The Hall–Kier alpha value is -1.36. The second-order valence-corrected chi connectivity index (χ2v) is 5.67. The third-order valence-electron chi connectivity index (χ3n) is 2.03. The van der Waals surface area contributed by atoms with E-state index in [-0.39, 0.29) is 11.9 Å². The van der Waals surface area contributed by atoms with Crippen LogP contribution in [0.4, 0.5) is 0 Å². The number of hydrogen-bond donors (Lipinski definition) is 1. The van der Waals surface area contributed by atoms with E-state index in [0.29, 0.717) is 0 Å². The Bertz CT molecular complexity index is 462. The fraction of sp³-hybridized carbons (Fsp3) is 0.417. The Morgan fingerprint density at radius 1 is 1.26 bits per heavy atom. The van der Waals surface area contributed by atoms with Crippen LogP contribution in [0.15, 0.2) is 30.3 Å². The second kappa shape index (κ2) is 6.70. The molecule has 6 nitrogen and oxygen atoms in total. The highest BCUT2D eigenvalue weighted by Gasteiger charge is 2.21. The minimum atomic E-state index is -4.37. The fourth-order valence-corrected chi connectivity index (χ4v) is 2.30. The Morgan fingerprint density at radius 2 is 1.84 bits per heavy atom. The summed E-state index contributed by atoms with van der Waals surface area (Å²) in [6.45, 7) is 4.76. The number of carbonyl (C=O) groups is 1. The monoisotopic (exact) mass is 286 g/mol. The summed E-state index contributed by atoms with van der Waals surface area (Å²) in [6.07, 6.45) is -0.308. The number of carbonyl (C=O) groups excluding carboxylic acids is 1. The number of nitrogens with one attached hydrogen (secondary N) is 1. The van der Waals surface area contributed by atoms with Gasteiger partial charge >= 0.3 is 5.97 Å². The predicted octanol–water partition coefficient (Wildman–Crippen LogP) is 1.46. The molecule has 0 fully saturated rings. The minimum Gasteiger partial charge on any atom is -0.756 e. The molecule has 2 atom stereocenters. The summed E-state index contributed by atoms with van der Waals surface area (Å²) in [6, 6.07) is 7.03. The standard InChI is InChI=1S/C12H18NO5P/c1-9(2)17-12(14)10(3)13-19(15,16)18-11-7-5-4-6-8-11/h4-10H,1-3H3,(H2,13,15,16)/p-1/t10-/m0/s1. The van der Waals surface area contributed by atoms with Crippen molar-refractivity contribution in [3.63, 3.8) is 0 Å². The third kappa shape index (κ3) is 5.87. The van der Waals surface area contributed by atoms with Crippen LogP contribution in [-0.4, -0.2) is 18.1 Å². The van der Waals surface area contributed by atoms with Gasteiger partial charge in [0, 0.05) is 0 Å². The minimum absolute atomic E-state index is 0.178. The zero-order valence-corrected chi connectivity index (χ0v) is 11.9. The van der Waals surface area contributed by atoms with Gasteiger partial charge in [0.25, 0.3) is 7.75 Å². The molecule has 0 aliphatic heterocycles. The van der Waals surface area contributed by atoms with E-state index in [0.717, 1.165) is 0 Å². The molecule has 106 valence electrons. The molecular weight excluding hydrogens is 269 g/mol. The third-order valence-corrected chi connectivity index (χ3v) is 3.18. The van der Waals surface area contributed by atoms with Gasteiger partial charge in [-0.05, 0) is 32.9 Å². The average Bonchev–Trinajstić information content (AvgIpc) is 2.27. The predicted molar refractivity (Wildman–Crippen MR) is 68.5 cm³/mol. The molecule has 19 heavy (non-hydrogen) atoms. The maximum atomic E-state index is 11.7. The Balaban J connectivity index is 2.59. The van der Waals surface area contributed by atoms with Gasteiger partial charge in [0.05, 0.1) is 6.10 Å². The van der Waals surface area contributed by atoms with Gasteiger partial charge in [-0.15, -0.1) is 0 Å². The highest BCUT2D eigenvalue weighted by molar-refractivity contribution is 7.49. The summed E-state index contributed by atoms with van der Waals surface area (Å²) < 4.78 is 21.4. The first-order valence-corrected chi connectivity index (χ1v) is 7.38. The molecule has 0 radical (unpaired) electrons. The average molecular weight is 286 g/mol. The molecule has 0 aliphatic rings. The molecule has 1 unspecified atom stereocenters. The van der Waals surface area contributed by atoms with Crippen molar-refractivity contribution in [3.8, 4) is 5.75 Å². The van der Waals surface area contributed by atoms with E-state index in [4.69, 9.17) is 9.26 Å². The molecule has 1 rings (SSSR count). The van der Waals surface area contributed by atoms with Crippen molar-refractivity contribution in [1.82, 2.24) is 5.09 Å². The topological polar surface area (TPSA) is 87.7 Å². The lowest BCUT2D eigenvalue weighted by Crippen LogP contribution is -2.38. The van der Waals surface area contributed by atoms with Crippen LogP contribution in [0.25, 0.3) is 0 Å². The zero-order chi connectivity index (χ0) is 14.5. The number of hydrogen-bond acceptors (Lipinski definition) is 5. The van der Waals surface area contributed by atoms with Gasteiger partial charge in [-0.3, -0.25) is 9.36 Å². The van der Waals surface area contributed by atoms with Crippen molar-refractivity contribution >= 4 is 13.7 Å². The van der Waals surface area contributed by atoms with Crippen molar-refractivity contribution in [2.24, 2.45) is 0 Å². The Labute approximate surface area is 112 Å². The maximum Gasteiger partial charge on any atom is 0.323 e. The van der Waals surface area contributed by atoms with Gasteiger partial charge in [0.1, 0.15) is 11.8 Å². The fourth-order valence-electron chi connectivity index (χ4n) is 1.27. The molecule has 0 saturated carbocycles. The van der Waals surface area contributed by atoms with Crippen LogP contribution < -0.4 is 14.5 Å². The number of ether oxygens (including phenoxy) is 1. The van der Waals surface area contributed by atoms with E-state index < -0.39 is 19.8 Å². The first-order valence-electron chi connectivity index (χ1n) is 5.84. The Morgan fingerprint density at radius 3 is 2.37 bits per heavy atom. The molecule has 0 heterocycles. The number of rotatable bonds is 6. The SMILES string of the molecule is CC(C)OC(=O)[C@H](C)NP(=O)([O-])Oc1ccccc1. The zero-order valence-electron chi connectivity index (χ0n) is 11.0. The van der Waals surface area contributed by atoms with Crippen LogP contribution in [0.2, 0.25) is 0 Å². The van der Waals surface area contributed by atoms with Crippen molar-refractivity contribution in [2.75, 3.05) is 0 Å². The highest BCUT2D eigenvalue weighted by Crippen LogP contribution is 2.34. The molecular formula is C12H17NO5P-. The molecule has 7 heteroatoms. The van der Waals surface area contributed by atoms with Crippen molar-refractivity contribution in [1.29, 1.82) is 0 Å². The maximum absolute atomic E-state index is 11.7. The summed E-state index contributed by atoms with van der Waals surface area (Å²) in [5.74, 6) is -0.472. The lowest BCUT2D eigenvalue weighted by Gasteiger charge is -2.27. The van der Waals surface area contributed by atoms with Gasteiger partial charge in [0.15, 0.2) is 0 Å². The van der Waals surface area contributed by atoms with Crippen LogP contribution in [-0.2, 0) is 14.1 Å². The van der Waals surface area contributed by atoms with Crippen LogP contribution in [0, 0.1) is 0 Å². The second-order valence-electron chi connectivity index (χ2n) is 4.24. The normalized spacial score (nSPS) is 15.6. The molecule has 0 amide bonds. The van der Waals surface area contributed by atoms with Crippen molar-refractivity contribution in [3.05, 3.63) is 30.3 Å². The van der Waals surface area contributed by atoms with Gasteiger partial charge in [-0.1, -0.05) is 18.2 Å². The van der Waals surface area contributed by atoms with Crippen LogP contribution >= 0.6 is 7.75 Å². The lowest BCUT2D eigenvalue weighted by molar-refractivity contribution is -0.196. The van der Waals surface area contributed by atoms with E-state index in [9.17, 15) is 14.3 Å². The van der Waals surface area contributed by atoms with E-state index in [1.54, 1.807) is 32.0 Å². The molecule has 0 saturated heterocycles. The molecule has 1 aromatic carbocycles. The van der Waals surface area contributed by atoms with Gasteiger partial charge < -0.3 is 14.2 Å². The summed E-state index contributed by atoms with van der Waals surface area (Å²) in [5, 5.41) is 2.11. The largest absolute Gasteiger partial charge is 0.756 e. The summed E-state index contributed by atoms with van der Waals surface area (Å²) in [7, 11) is -4.37. The first-order chi connectivity index (χ1) is 8.80. The van der Waals surface area contributed by atoms with Gasteiger partial charge in [0.2, 0.25) is 0 Å². The van der Waals surface area contributed by atoms with Crippen molar-refractivity contribution in [2.45, 2.75) is 32.9 Å². The van der Waals surface area contributed by atoms with E-state index in [2.05, 4.69) is 5.09 Å². The smallest absolute Gasteiger partial charge is 0.323 e. The summed E-state index contributed by atoms with van der Waals surface area (Å²) >= 11 is 0. The molecule has 1 aromatic rings. The summed E-state index contributed by atoms with van der Waals surface area (Å²) in [4.78, 5) is 23.2. The van der Waals surface area contributed by atoms with Crippen molar-refractivity contribution < 1.29 is 23.5 Å².